The first-order chi connectivity index (χ1) is 10.5. The van der Waals surface area contributed by atoms with Crippen LogP contribution in [0.15, 0.2) is 18.2 Å². The second kappa shape index (κ2) is 7.29. The van der Waals surface area contributed by atoms with Gasteiger partial charge in [-0.2, -0.15) is 0 Å². The number of hydrogen-bond donors (Lipinski definition) is 2. The van der Waals surface area contributed by atoms with Gasteiger partial charge in [-0.3, -0.25) is 4.79 Å². The molecule has 1 amide bonds. The van der Waals surface area contributed by atoms with Gasteiger partial charge in [-0.15, -0.1) is 0 Å². The molecule has 5 nitrogen and oxygen atoms in total. The van der Waals surface area contributed by atoms with E-state index >= 15 is 0 Å². The third-order valence-electron chi connectivity index (χ3n) is 4.29. The summed E-state index contributed by atoms with van der Waals surface area (Å²) in [4.78, 5) is 24.9. The number of hydrogen-bond acceptors (Lipinski definition) is 3. The average molecular weight is 305 g/mol. The first kappa shape index (κ1) is 16.3. The van der Waals surface area contributed by atoms with Crippen molar-refractivity contribution >= 4 is 17.6 Å². The van der Waals surface area contributed by atoms with Gasteiger partial charge in [-0.1, -0.05) is 26.2 Å². The van der Waals surface area contributed by atoms with Crippen molar-refractivity contribution in [2.45, 2.75) is 45.4 Å². The molecule has 22 heavy (non-hydrogen) atoms. The Morgan fingerprint density at radius 2 is 1.91 bits per heavy atom. The largest absolute Gasteiger partial charge is 0.507 e. The minimum Gasteiger partial charge on any atom is -0.507 e. The molecule has 1 aliphatic rings. The number of aromatic hydroxyl groups is 1. The first-order valence-electron chi connectivity index (χ1n) is 7.89. The lowest BCUT2D eigenvalue weighted by molar-refractivity contribution is -0.118. The molecular weight excluding hydrogens is 282 g/mol. The smallest absolute Gasteiger partial charge is 0.339 e. The molecule has 0 heterocycles. The fourth-order valence-corrected chi connectivity index (χ4v) is 3.04. The highest BCUT2D eigenvalue weighted by Gasteiger charge is 2.22. The summed E-state index contributed by atoms with van der Waals surface area (Å²) in [6, 6.07) is 4.32. The zero-order valence-electron chi connectivity index (χ0n) is 12.9. The number of carboxylic acid groups (broad SMARTS) is 1. The van der Waals surface area contributed by atoms with Crippen LogP contribution in [-0.2, 0) is 4.79 Å². The lowest BCUT2D eigenvalue weighted by Gasteiger charge is -2.30. The van der Waals surface area contributed by atoms with Gasteiger partial charge in [0.15, 0.2) is 0 Å². The molecule has 2 rings (SSSR count). The summed E-state index contributed by atoms with van der Waals surface area (Å²) in [6.07, 6.45) is 6.27. The van der Waals surface area contributed by atoms with Crippen LogP contribution in [0.25, 0.3) is 0 Å². The normalized spacial score (nSPS) is 15.5. The summed E-state index contributed by atoms with van der Waals surface area (Å²) < 4.78 is 0. The van der Waals surface area contributed by atoms with E-state index in [1.54, 1.807) is 11.0 Å². The highest BCUT2D eigenvalue weighted by atomic mass is 16.4. The fourth-order valence-electron chi connectivity index (χ4n) is 3.04. The van der Waals surface area contributed by atoms with Crippen molar-refractivity contribution < 1.29 is 19.8 Å². The predicted octanol–water partition coefficient (Wildman–Crippen LogP) is 3.41. The topological polar surface area (TPSA) is 77.8 Å². The number of rotatable bonds is 5. The van der Waals surface area contributed by atoms with E-state index in [1.807, 2.05) is 6.92 Å². The van der Waals surface area contributed by atoms with Crippen molar-refractivity contribution in [1.29, 1.82) is 0 Å². The summed E-state index contributed by atoms with van der Waals surface area (Å²) in [7, 11) is 0. The van der Waals surface area contributed by atoms with Crippen LogP contribution < -0.4 is 4.90 Å². The van der Waals surface area contributed by atoms with Crippen LogP contribution in [0, 0.1) is 5.92 Å². The SMILES string of the molecule is CCC(=O)N(CC1CCCCC1)c1ccc(C(=O)O)c(O)c1. The Morgan fingerprint density at radius 1 is 1.23 bits per heavy atom. The second-order valence-corrected chi connectivity index (χ2v) is 5.87. The molecule has 120 valence electrons. The van der Waals surface area contributed by atoms with Gasteiger partial charge in [0.2, 0.25) is 5.91 Å². The summed E-state index contributed by atoms with van der Waals surface area (Å²) in [5.74, 6) is -1.01. The summed E-state index contributed by atoms with van der Waals surface area (Å²) in [6.45, 7) is 2.44. The van der Waals surface area contributed by atoms with Crippen molar-refractivity contribution in [3.05, 3.63) is 23.8 Å². The molecule has 1 fully saturated rings. The number of amides is 1. The van der Waals surface area contributed by atoms with Crippen molar-refractivity contribution in [2.24, 2.45) is 5.92 Å². The Kier molecular flexibility index (Phi) is 5.41. The predicted molar refractivity (Wildman–Crippen MR) is 84.3 cm³/mol. The third-order valence-corrected chi connectivity index (χ3v) is 4.29. The molecule has 0 radical (unpaired) electrons. The zero-order valence-corrected chi connectivity index (χ0v) is 12.9. The monoisotopic (exact) mass is 305 g/mol. The second-order valence-electron chi connectivity index (χ2n) is 5.87. The molecule has 0 aromatic heterocycles. The highest BCUT2D eigenvalue weighted by molar-refractivity contribution is 5.95. The van der Waals surface area contributed by atoms with Crippen LogP contribution in [0.4, 0.5) is 5.69 Å². The number of carbonyl (C=O) groups excluding carboxylic acids is 1. The van der Waals surface area contributed by atoms with E-state index in [0.717, 1.165) is 12.8 Å². The number of carbonyl (C=O) groups is 2. The molecule has 1 aromatic carbocycles. The maximum atomic E-state index is 12.2. The van der Waals surface area contributed by atoms with E-state index in [1.165, 1.54) is 31.4 Å². The van der Waals surface area contributed by atoms with Crippen LogP contribution >= 0.6 is 0 Å². The molecular formula is C17H23NO4. The molecule has 1 saturated carbocycles. The molecule has 0 bridgehead atoms. The number of benzene rings is 1. The van der Waals surface area contributed by atoms with Gasteiger partial charge in [0, 0.05) is 24.7 Å². The van der Waals surface area contributed by atoms with E-state index in [4.69, 9.17) is 5.11 Å². The van der Waals surface area contributed by atoms with Gasteiger partial charge in [0.1, 0.15) is 11.3 Å². The molecule has 0 aliphatic heterocycles. The number of phenols is 1. The minimum absolute atomic E-state index is 0.00644. The Balaban J connectivity index is 2.23. The lowest BCUT2D eigenvalue weighted by Crippen LogP contribution is -2.35. The fraction of sp³-hybridized carbons (Fsp3) is 0.529. The summed E-state index contributed by atoms with van der Waals surface area (Å²) >= 11 is 0. The molecule has 0 atom stereocenters. The lowest BCUT2D eigenvalue weighted by atomic mass is 9.88. The van der Waals surface area contributed by atoms with Crippen LogP contribution in [0.5, 0.6) is 5.75 Å². The number of anilines is 1. The Hall–Kier alpha value is -2.04. The van der Waals surface area contributed by atoms with Gasteiger partial charge in [0.25, 0.3) is 0 Å². The van der Waals surface area contributed by atoms with Crippen LogP contribution in [-0.4, -0.2) is 28.6 Å². The van der Waals surface area contributed by atoms with E-state index in [0.29, 0.717) is 24.6 Å². The number of carboxylic acids is 1. The van der Waals surface area contributed by atoms with Crippen LogP contribution in [0.3, 0.4) is 0 Å². The van der Waals surface area contributed by atoms with E-state index in [9.17, 15) is 14.7 Å². The molecule has 1 aromatic rings. The van der Waals surface area contributed by atoms with Crippen molar-refractivity contribution in [2.75, 3.05) is 11.4 Å². The van der Waals surface area contributed by atoms with Gasteiger partial charge in [-0.25, -0.2) is 4.79 Å². The van der Waals surface area contributed by atoms with E-state index in [-0.39, 0.29) is 17.2 Å². The van der Waals surface area contributed by atoms with Crippen LogP contribution in [0.1, 0.15) is 55.8 Å². The molecule has 0 unspecified atom stereocenters. The first-order valence-corrected chi connectivity index (χ1v) is 7.89. The summed E-state index contributed by atoms with van der Waals surface area (Å²) in [5, 5.41) is 18.8. The van der Waals surface area contributed by atoms with E-state index < -0.39 is 5.97 Å². The van der Waals surface area contributed by atoms with Gasteiger partial charge >= 0.3 is 5.97 Å². The highest BCUT2D eigenvalue weighted by Crippen LogP contribution is 2.29. The summed E-state index contributed by atoms with van der Waals surface area (Å²) in [5.41, 5.74) is 0.422. The average Bonchev–Trinajstić information content (AvgIpc) is 2.52. The maximum Gasteiger partial charge on any atom is 0.339 e. The number of aromatic carboxylic acids is 1. The van der Waals surface area contributed by atoms with E-state index in [2.05, 4.69) is 0 Å². The molecule has 5 heteroatoms. The van der Waals surface area contributed by atoms with Crippen molar-refractivity contribution in [3.63, 3.8) is 0 Å². The minimum atomic E-state index is -1.18. The number of nitrogens with zero attached hydrogens (tertiary/aromatic N) is 1. The van der Waals surface area contributed by atoms with Crippen molar-refractivity contribution in [3.8, 4) is 5.75 Å². The molecule has 0 saturated heterocycles. The zero-order chi connectivity index (χ0) is 16.1. The quantitative estimate of drug-likeness (QED) is 0.874. The third kappa shape index (κ3) is 3.78. The Bertz CT molecular complexity index is 550. The Labute approximate surface area is 130 Å². The molecule has 0 spiro atoms. The van der Waals surface area contributed by atoms with Gasteiger partial charge in [-0.05, 0) is 30.9 Å². The van der Waals surface area contributed by atoms with Crippen molar-refractivity contribution in [1.82, 2.24) is 0 Å². The molecule has 2 N–H and O–H groups in total. The van der Waals surface area contributed by atoms with Gasteiger partial charge in [0.05, 0.1) is 0 Å². The standard InChI is InChI=1S/C17H23NO4/c1-2-16(20)18(11-12-6-4-3-5-7-12)13-8-9-14(17(21)22)15(19)10-13/h8-10,12,19H,2-7,11H2,1H3,(H,21,22). The molecule has 1 aliphatic carbocycles. The Morgan fingerprint density at radius 3 is 2.45 bits per heavy atom. The van der Waals surface area contributed by atoms with Crippen LogP contribution in [0.2, 0.25) is 0 Å². The van der Waals surface area contributed by atoms with Gasteiger partial charge < -0.3 is 15.1 Å². The maximum absolute atomic E-state index is 12.2.